The van der Waals surface area contributed by atoms with Gasteiger partial charge in [0.15, 0.2) is 0 Å². The number of carbonyl (C=O) groups is 2. The SMILES string of the molecule is CC1C2CC(C(=O)OC(C)(C)C)C(C2)C1C.CCOC(=O)OCC1CC2CC1C(C)C2C. The van der Waals surface area contributed by atoms with Crippen LogP contribution < -0.4 is 0 Å². The average Bonchev–Trinajstić information content (AvgIpc) is 3.44. The van der Waals surface area contributed by atoms with Crippen LogP contribution in [-0.2, 0) is 19.0 Å². The Labute approximate surface area is 195 Å². The lowest BCUT2D eigenvalue weighted by atomic mass is 9.76. The maximum absolute atomic E-state index is 12.1. The van der Waals surface area contributed by atoms with Crippen molar-refractivity contribution in [2.75, 3.05) is 13.2 Å². The molecule has 0 aliphatic heterocycles. The normalized spacial score (nSPS) is 41.8. The molecule has 0 amide bonds. The van der Waals surface area contributed by atoms with Crippen molar-refractivity contribution in [1.82, 2.24) is 0 Å². The Morgan fingerprint density at radius 3 is 1.81 bits per heavy atom. The second-order valence-corrected chi connectivity index (χ2v) is 12.1. The standard InChI is InChI=1S/C14H24O2.C13H22O3/c1-8-9(2)11-6-10(8)7-12(11)13(15)16-14(3,4)5;1-4-15-13(14)16-7-11-5-10-6-12(11)9(3)8(10)2/h8-12H,6-7H2,1-5H3;8-12H,4-7H2,1-3H3. The number of ether oxygens (including phenoxy) is 3. The van der Waals surface area contributed by atoms with Crippen molar-refractivity contribution in [3.8, 4) is 0 Å². The van der Waals surface area contributed by atoms with Gasteiger partial charge in [0.25, 0.3) is 0 Å². The molecule has 184 valence electrons. The zero-order valence-corrected chi connectivity index (χ0v) is 21.6. The average molecular weight is 451 g/mol. The van der Waals surface area contributed by atoms with E-state index in [-0.39, 0.29) is 17.5 Å². The third-order valence-corrected chi connectivity index (χ3v) is 9.32. The minimum Gasteiger partial charge on any atom is -0.460 e. The van der Waals surface area contributed by atoms with E-state index in [0.29, 0.717) is 31.0 Å². The molecule has 4 fully saturated rings. The third-order valence-electron chi connectivity index (χ3n) is 9.32. The van der Waals surface area contributed by atoms with Gasteiger partial charge < -0.3 is 14.2 Å². The molecule has 0 radical (unpaired) electrons. The van der Waals surface area contributed by atoms with Gasteiger partial charge in [-0.15, -0.1) is 0 Å². The summed E-state index contributed by atoms with van der Waals surface area (Å²) >= 11 is 0. The molecule has 10 atom stereocenters. The van der Waals surface area contributed by atoms with Gasteiger partial charge in [0.1, 0.15) is 5.60 Å². The molecule has 4 aliphatic carbocycles. The molecule has 0 N–H and O–H groups in total. The van der Waals surface area contributed by atoms with Crippen LogP contribution in [0.15, 0.2) is 0 Å². The van der Waals surface area contributed by atoms with Gasteiger partial charge in [-0.1, -0.05) is 27.7 Å². The largest absolute Gasteiger partial charge is 0.508 e. The molecule has 4 bridgehead atoms. The van der Waals surface area contributed by atoms with Crippen molar-refractivity contribution in [1.29, 1.82) is 0 Å². The summed E-state index contributed by atoms with van der Waals surface area (Å²) in [5.41, 5.74) is -0.340. The molecule has 0 aromatic carbocycles. The molecule has 32 heavy (non-hydrogen) atoms. The van der Waals surface area contributed by atoms with E-state index in [0.717, 1.165) is 41.9 Å². The minimum absolute atomic E-state index is 0.0405. The van der Waals surface area contributed by atoms with Gasteiger partial charge in [-0.2, -0.15) is 0 Å². The summed E-state index contributed by atoms with van der Waals surface area (Å²) in [7, 11) is 0. The molecule has 0 heterocycles. The first-order chi connectivity index (χ1) is 14.9. The topological polar surface area (TPSA) is 61.8 Å². The van der Waals surface area contributed by atoms with Gasteiger partial charge in [0, 0.05) is 0 Å². The molecular formula is C27H46O5. The molecule has 4 aliphatic rings. The van der Waals surface area contributed by atoms with Crippen LogP contribution in [0.4, 0.5) is 4.79 Å². The lowest BCUT2D eigenvalue weighted by molar-refractivity contribution is -0.163. The Morgan fingerprint density at radius 1 is 0.781 bits per heavy atom. The van der Waals surface area contributed by atoms with Crippen LogP contribution >= 0.6 is 0 Å². The van der Waals surface area contributed by atoms with Crippen molar-refractivity contribution in [2.45, 2.75) is 86.7 Å². The van der Waals surface area contributed by atoms with Gasteiger partial charge in [0.2, 0.25) is 0 Å². The van der Waals surface area contributed by atoms with Crippen LogP contribution in [0.1, 0.15) is 81.1 Å². The van der Waals surface area contributed by atoms with E-state index in [4.69, 9.17) is 14.2 Å². The number of fused-ring (bicyclic) bond motifs is 4. The van der Waals surface area contributed by atoms with Crippen LogP contribution in [0, 0.1) is 59.2 Å². The second-order valence-electron chi connectivity index (χ2n) is 12.1. The zero-order chi connectivity index (χ0) is 23.8. The Morgan fingerprint density at radius 2 is 1.34 bits per heavy atom. The van der Waals surface area contributed by atoms with Gasteiger partial charge in [-0.05, 0) is 107 Å². The van der Waals surface area contributed by atoms with Crippen molar-refractivity contribution >= 4 is 12.1 Å². The molecule has 4 rings (SSSR count). The first-order valence-corrected chi connectivity index (χ1v) is 12.9. The summed E-state index contributed by atoms with van der Waals surface area (Å²) in [5, 5.41) is 0. The monoisotopic (exact) mass is 450 g/mol. The lowest BCUT2D eigenvalue weighted by Gasteiger charge is -2.32. The molecule has 4 saturated carbocycles. The smallest absolute Gasteiger partial charge is 0.460 e. The molecule has 0 spiro atoms. The Kier molecular flexibility index (Phi) is 7.87. The van der Waals surface area contributed by atoms with Gasteiger partial charge >= 0.3 is 12.1 Å². The van der Waals surface area contributed by atoms with Gasteiger partial charge in [0.05, 0.1) is 19.1 Å². The van der Waals surface area contributed by atoms with Crippen molar-refractivity contribution in [3.05, 3.63) is 0 Å². The molecular weight excluding hydrogens is 404 g/mol. The molecule has 5 heteroatoms. The predicted octanol–water partition coefficient (Wildman–Crippen LogP) is 6.34. The maximum atomic E-state index is 12.1. The fraction of sp³-hybridized carbons (Fsp3) is 0.926. The van der Waals surface area contributed by atoms with Crippen LogP contribution in [0.2, 0.25) is 0 Å². The summed E-state index contributed by atoms with van der Waals surface area (Å²) < 4.78 is 15.4. The Hall–Kier alpha value is -1.26. The zero-order valence-electron chi connectivity index (χ0n) is 21.6. The van der Waals surface area contributed by atoms with Crippen LogP contribution in [-0.4, -0.2) is 30.9 Å². The summed E-state index contributed by atoms with van der Waals surface area (Å²) in [6.07, 6.45) is 4.36. The summed E-state index contributed by atoms with van der Waals surface area (Å²) in [6.45, 7) is 17.9. The first kappa shape index (κ1) is 25.4. The van der Waals surface area contributed by atoms with E-state index in [2.05, 4.69) is 27.7 Å². The fourth-order valence-corrected chi connectivity index (χ4v) is 7.21. The van der Waals surface area contributed by atoms with E-state index < -0.39 is 6.16 Å². The van der Waals surface area contributed by atoms with Gasteiger partial charge in [-0.3, -0.25) is 4.79 Å². The van der Waals surface area contributed by atoms with Crippen molar-refractivity contribution in [2.24, 2.45) is 59.2 Å². The van der Waals surface area contributed by atoms with Crippen LogP contribution in [0.5, 0.6) is 0 Å². The third kappa shape index (κ3) is 5.44. The predicted molar refractivity (Wildman–Crippen MR) is 125 cm³/mol. The number of hydrogen-bond donors (Lipinski definition) is 0. The highest BCUT2D eigenvalue weighted by Gasteiger charge is 2.52. The highest BCUT2D eigenvalue weighted by Crippen LogP contribution is 2.56. The lowest BCUT2D eigenvalue weighted by Crippen LogP contribution is -2.35. The fourth-order valence-electron chi connectivity index (χ4n) is 7.21. The Balaban J connectivity index is 0.000000181. The van der Waals surface area contributed by atoms with E-state index in [1.54, 1.807) is 6.92 Å². The van der Waals surface area contributed by atoms with E-state index in [1.807, 2.05) is 20.8 Å². The Bertz CT molecular complexity index is 663. The quantitative estimate of drug-likeness (QED) is 0.467. The summed E-state index contributed by atoms with van der Waals surface area (Å²) in [5.74, 6) is 6.87. The van der Waals surface area contributed by atoms with E-state index in [9.17, 15) is 9.59 Å². The summed E-state index contributed by atoms with van der Waals surface area (Å²) in [4.78, 5) is 23.2. The van der Waals surface area contributed by atoms with Crippen molar-refractivity contribution < 1.29 is 23.8 Å². The van der Waals surface area contributed by atoms with E-state index in [1.165, 1.54) is 19.3 Å². The highest BCUT2D eigenvalue weighted by atomic mass is 16.7. The van der Waals surface area contributed by atoms with Crippen molar-refractivity contribution in [3.63, 3.8) is 0 Å². The maximum Gasteiger partial charge on any atom is 0.508 e. The molecule has 0 aromatic rings. The molecule has 0 aromatic heterocycles. The number of esters is 1. The van der Waals surface area contributed by atoms with E-state index >= 15 is 0 Å². The summed E-state index contributed by atoms with van der Waals surface area (Å²) in [6, 6.07) is 0. The first-order valence-electron chi connectivity index (χ1n) is 12.9. The minimum atomic E-state index is -0.508. The number of carbonyl (C=O) groups excluding carboxylic acids is 2. The molecule has 10 unspecified atom stereocenters. The van der Waals surface area contributed by atoms with Gasteiger partial charge in [-0.25, -0.2) is 4.79 Å². The number of rotatable bonds is 4. The van der Waals surface area contributed by atoms with Crippen LogP contribution in [0.3, 0.4) is 0 Å². The highest BCUT2D eigenvalue weighted by molar-refractivity contribution is 5.74. The molecule has 5 nitrogen and oxygen atoms in total. The van der Waals surface area contributed by atoms with Crippen LogP contribution in [0.25, 0.3) is 0 Å². The molecule has 0 saturated heterocycles. The number of hydrogen-bond acceptors (Lipinski definition) is 5. The second kappa shape index (κ2) is 9.93.